The molecule has 0 saturated heterocycles. The first kappa shape index (κ1) is 13.8. The summed E-state index contributed by atoms with van der Waals surface area (Å²) in [6.07, 6.45) is 0. The Morgan fingerprint density at radius 1 is 1.00 bits per heavy atom. The van der Waals surface area contributed by atoms with Crippen LogP contribution in [0.2, 0.25) is 0 Å². The van der Waals surface area contributed by atoms with Gasteiger partial charge in [-0.15, -0.1) is 11.3 Å². The van der Waals surface area contributed by atoms with Gasteiger partial charge in [0.05, 0.1) is 5.39 Å². The maximum atomic E-state index is 4.55. The normalized spacial score (nSPS) is 10.9. The lowest BCUT2D eigenvalue weighted by atomic mass is 10.1. The second kappa shape index (κ2) is 5.33. The summed E-state index contributed by atoms with van der Waals surface area (Å²) in [6.45, 7) is 6.32. The number of nitrogens with zero attached hydrogens (tertiary/aromatic N) is 2. The molecule has 0 aliphatic rings. The monoisotopic (exact) mass is 298 g/mol. The predicted octanol–water partition coefficient (Wildman–Crippen LogP) is 4.40. The van der Waals surface area contributed by atoms with Gasteiger partial charge in [0, 0.05) is 17.6 Å². The van der Waals surface area contributed by atoms with Crippen LogP contribution >= 0.6 is 11.3 Å². The SMILES string of the molecule is CNc1nc(Nc2ccc(C)c(C)c2)c2cc(C)sc2n1. The van der Waals surface area contributed by atoms with Crippen molar-refractivity contribution in [1.29, 1.82) is 0 Å². The Morgan fingerprint density at radius 3 is 2.52 bits per heavy atom. The average molecular weight is 298 g/mol. The molecule has 0 amide bonds. The standard InChI is InChI=1S/C16H18N4S/c1-9-5-6-12(7-10(9)2)18-14-13-8-11(3)21-15(13)20-16(17-4)19-14/h5-8H,1-4H3,(H2,17,18,19,20). The van der Waals surface area contributed by atoms with E-state index in [1.807, 2.05) is 7.05 Å². The van der Waals surface area contributed by atoms with Crippen molar-refractivity contribution in [2.45, 2.75) is 20.8 Å². The van der Waals surface area contributed by atoms with Crippen molar-refractivity contribution >= 4 is 39.0 Å². The van der Waals surface area contributed by atoms with Crippen LogP contribution in [0.3, 0.4) is 0 Å². The minimum absolute atomic E-state index is 0.635. The van der Waals surface area contributed by atoms with E-state index in [1.54, 1.807) is 11.3 Å². The first-order valence-corrected chi connectivity index (χ1v) is 7.68. The number of anilines is 3. The van der Waals surface area contributed by atoms with Gasteiger partial charge in [0.2, 0.25) is 5.95 Å². The van der Waals surface area contributed by atoms with Crippen LogP contribution in [0, 0.1) is 20.8 Å². The first-order valence-electron chi connectivity index (χ1n) is 6.87. The van der Waals surface area contributed by atoms with Crippen molar-refractivity contribution in [1.82, 2.24) is 9.97 Å². The molecule has 3 rings (SSSR count). The third-order valence-corrected chi connectivity index (χ3v) is 4.45. The highest BCUT2D eigenvalue weighted by atomic mass is 32.1. The number of thiophene rings is 1. The Balaban J connectivity index is 2.07. The number of nitrogens with one attached hydrogen (secondary N) is 2. The van der Waals surface area contributed by atoms with Gasteiger partial charge < -0.3 is 10.6 Å². The number of fused-ring (bicyclic) bond motifs is 1. The van der Waals surface area contributed by atoms with Gasteiger partial charge in [-0.05, 0) is 50.1 Å². The fourth-order valence-electron chi connectivity index (χ4n) is 2.20. The number of hydrogen-bond donors (Lipinski definition) is 2. The van der Waals surface area contributed by atoms with Crippen molar-refractivity contribution in [3.63, 3.8) is 0 Å². The smallest absolute Gasteiger partial charge is 0.225 e. The molecule has 0 radical (unpaired) electrons. The molecule has 0 bridgehead atoms. The highest BCUT2D eigenvalue weighted by Crippen LogP contribution is 2.31. The minimum Gasteiger partial charge on any atom is -0.357 e. The van der Waals surface area contributed by atoms with E-state index in [4.69, 9.17) is 0 Å². The molecule has 0 spiro atoms. The predicted molar refractivity (Wildman–Crippen MR) is 90.9 cm³/mol. The molecule has 0 aliphatic carbocycles. The summed E-state index contributed by atoms with van der Waals surface area (Å²) < 4.78 is 0. The van der Waals surface area contributed by atoms with E-state index >= 15 is 0 Å². The Bertz CT molecular complexity index is 807. The quantitative estimate of drug-likeness (QED) is 0.752. The molecular formula is C16H18N4S. The topological polar surface area (TPSA) is 49.8 Å². The zero-order valence-corrected chi connectivity index (χ0v) is 13.4. The van der Waals surface area contributed by atoms with E-state index in [-0.39, 0.29) is 0 Å². The molecule has 2 heterocycles. The van der Waals surface area contributed by atoms with Crippen LogP contribution in [0.15, 0.2) is 24.3 Å². The Labute approximate surface area is 128 Å². The van der Waals surface area contributed by atoms with Gasteiger partial charge in [0.15, 0.2) is 0 Å². The Morgan fingerprint density at radius 2 is 1.81 bits per heavy atom. The van der Waals surface area contributed by atoms with Crippen molar-refractivity contribution < 1.29 is 0 Å². The first-order chi connectivity index (χ1) is 10.1. The van der Waals surface area contributed by atoms with E-state index < -0.39 is 0 Å². The molecule has 0 fully saturated rings. The van der Waals surface area contributed by atoms with Crippen molar-refractivity contribution in [3.8, 4) is 0 Å². The minimum atomic E-state index is 0.635. The fraction of sp³-hybridized carbons (Fsp3) is 0.250. The number of rotatable bonds is 3. The van der Waals surface area contributed by atoms with Gasteiger partial charge in [0.25, 0.3) is 0 Å². The molecule has 108 valence electrons. The molecule has 0 unspecified atom stereocenters. The van der Waals surface area contributed by atoms with Crippen LogP contribution in [-0.4, -0.2) is 17.0 Å². The summed E-state index contributed by atoms with van der Waals surface area (Å²) in [4.78, 5) is 11.3. The largest absolute Gasteiger partial charge is 0.357 e. The van der Waals surface area contributed by atoms with Crippen molar-refractivity contribution in [2.75, 3.05) is 17.7 Å². The fourth-order valence-corrected chi connectivity index (χ4v) is 3.08. The van der Waals surface area contributed by atoms with Crippen LogP contribution in [0.25, 0.3) is 10.2 Å². The van der Waals surface area contributed by atoms with Crippen LogP contribution in [0.5, 0.6) is 0 Å². The summed E-state index contributed by atoms with van der Waals surface area (Å²) in [5.41, 5.74) is 3.60. The van der Waals surface area contributed by atoms with Crippen molar-refractivity contribution in [2.24, 2.45) is 0 Å². The molecule has 4 nitrogen and oxygen atoms in total. The number of aromatic nitrogens is 2. The van der Waals surface area contributed by atoms with E-state index in [0.29, 0.717) is 5.95 Å². The van der Waals surface area contributed by atoms with Gasteiger partial charge in [-0.1, -0.05) is 6.07 Å². The van der Waals surface area contributed by atoms with Crippen LogP contribution in [0.1, 0.15) is 16.0 Å². The highest BCUT2D eigenvalue weighted by molar-refractivity contribution is 7.18. The highest BCUT2D eigenvalue weighted by Gasteiger charge is 2.10. The average Bonchev–Trinajstić information content (AvgIpc) is 2.83. The van der Waals surface area contributed by atoms with Gasteiger partial charge in [-0.3, -0.25) is 0 Å². The van der Waals surface area contributed by atoms with E-state index in [2.05, 4.69) is 65.6 Å². The number of hydrogen-bond acceptors (Lipinski definition) is 5. The summed E-state index contributed by atoms with van der Waals surface area (Å²) in [7, 11) is 1.83. The third-order valence-electron chi connectivity index (χ3n) is 3.51. The zero-order chi connectivity index (χ0) is 15.0. The zero-order valence-electron chi connectivity index (χ0n) is 12.6. The summed E-state index contributed by atoms with van der Waals surface area (Å²) in [5, 5.41) is 7.50. The molecule has 2 N–H and O–H groups in total. The Hall–Kier alpha value is -2.14. The molecule has 5 heteroatoms. The lowest BCUT2D eigenvalue weighted by Gasteiger charge is -2.10. The Kier molecular flexibility index (Phi) is 3.51. The van der Waals surface area contributed by atoms with Gasteiger partial charge >= 0.3 is 0 Å². The third kappa shape index (κ3) is 2.69. The molecule has 21 heavy (non-hydrogen) atoms. The second-order valence-corrected chi connectivity index (χ2v) is 6.38. The van der Waals surface area contributed by atoms with Crippen LogP contribution < -0.4 is 10.6 Å². The maximum Gasteiger partial charge on any atom is 0.225 e. The number of benzene rings is 1. The molecular weight excluding hydrogens is 280 g/mol. The summed E-state index contributed by atoms with van der Waals surface area (Å²) in [6, 6.07) is 8.47. The van der Waals surface area contributed by atoms with E-state index in [1.165, 1.54) is 16.0 Å². The van der Waals surface area contributed by atoms with E-state index in [0.717, 1.165) is 21.7 Å². The lowest BCUT2D eigenvalue weighted by molar-refractivity contribution is 1.20. The van der Waals surface area contributed by atoms with Crippen LogP contribution in [-0.2, 0) is 0 Å². The molecule has 1 aromatic carbocycles. The van der Waals surface area contributed by atoms with Gasteiger partial charge in [-0.2, -0.15) is 4.98 Å². The van der Waals surface area contributed by atoms with Gasteiger partial charge in [0.1, 0.15) is 10.6 Å². The van der Waals surface area contributed by atoms with Gasteiger partial charge in [-0.25, -0.2) is 4.98 Å². The molecule has 0 aliphatic heterocycles. The summed E-state index contributed by atoms with van der Waals surface area (Å²) in [5.74, 6) is 1.48. The lowest BCUT2D eigenvalue weighted by Crippen LogP contribution is -2.01. The van der Waals surface area contributed by atoms with Crippen molar-refractivity contribution in [3.05, 3.63) is 40.3 Å². The summed E-state index contributed by atoms with van der Waals surface area (Å²) >= 11 is 1.68. The maximum absolute atomic E-state index is 4.55. The second-order valence-electron chi connectivity index (χ2n) is 5.15. The molecule has 2 aromatic heterocycles. The van der Waals surface area contributed by atoms with Crippen LogP contribution in [0.4, 0.5) is 17.5 Å². The van der Waals surface area contributed by atoms with E-state index in [9.17, 15) is 0 Å². The number of aryl methyl sites for hydroxylation is 3. The molecule has 3 aromatic rings. The molecule has 0 atom stereocenters. The molecule has 0 saturated carbocycles.